The molecule has 0 aromatic carbocycles. The van der Waals surface area contributed by atoms with Crippen LogP contribution in [-0.2, 0) is 12.7 Å². The van der Waals surface area contributed by atoms with Crippen molar-refractivity contribution in [2.45, 2.75) is 58.3 Å². The first-order valence-corrected chi connectivity index (χ1v) is 6.80. The van der Waals surface area contributed by atoms with E-state index in [9.17, 15) is 13.2 Å². The molecule has 1 unspecified atom stereocenters. The largest absolute Gasteiger partial charge is 0.419 e. The van der Waals surface area contributed by atoms with Crippen LogP contribution in [0.15, 0.2) is 12.4 Å². The molecule has 1 N–H and O–H groups in total. The molecule has 1 heterocycles. The Morgan fingerprint density at radius 3 is 2.63 bits per heavy atom. The van der Waals surface area contributed by atoms with Crippen LogP contribution in [0.1, 0.15) is 45.1 Å². The normalized spacial score (nSPS) is 13.7. The fourth-order valence-electron chi connectivity index (χ4n) is 1.93. The van der Waals surface area contributed by atoms with Crippen molar-refractivity contribution in [2.24, 2.45) is 0 Å². The van der Waals surface area contributed by atoms with Crippen molar-refractivity contribution in [3.8, 4) is 0 Å². The summed E-state index contributed by atoms with van der Waals surface area (Å²) in [6, 6.07) is 0.442. The number of halogens is 3. The molecule has 1 aromatic rings. The smallest absolute Gasteiger partial charge is 0.314 e. The summed E-state index contributed by atoms with van der Waals surface area (Å²) in [6.07, 6.45) is 1.56. The summed E-state index contributed by atoms with van der Waals surface area (Å²) in [4.78, 5) is 0. The van der Waals surface area contributed by atoms with E-state index in [0.29, 0.717) is 12.6 Å². The zero-order valence-corrected chi connectivity index (χ0v) is 11.5. The lowest BCUT2D eigenvalue weighted by Gasteiger charge is -2.16. The van der Waals surface area contributed by atoms with E-state index in [4.69, 9.17) is 0 Å². The molecule has 0 fully saturated rings. The summed E-state index contributed by atoms with van der Waals surface area (Å²) < 4.78 is 38.5. The molecule has 110 valence electrons. The zero-order chi connectivity index (χ0) is 14.3. The van der Waals surface area contributed by atoms with E-state index in [1.165, 1.54) is 4.68 Å². The summed E-state index contributed by atoms with van der Waals surface area (Å²) in [5, 5.41) is 7.17. The van der Waals surface area contributed by atoms with Crippen molar-refractivity contribution < 1.29 is 13.2 Å². The van der Waals surface area contributed by atoms with Gasteiger partial charge in [0.05, 0.1) is 11.8 Å². The van der Waals surface area contributed by atoms with Gasteiger partial charge in [-0.05, 0) is 32.2 Å². The second-order valence-electron chi connectivity index (χ2n) is 4.69. The molecule has 6 heteroatoms. The third-order valence-electron chi connectivity index (χ3n) is 3.08. The van der Waals surface area contributed by atoms with E-state index in [2.05, 4.69) is 24.3 Å². The topological polar surface area (TPSA) is 29.9 Å². The van der Waals surface area contributed by atoms with Crippen LogP contribution in [0, 0.1) is 0 Å². The van der Waals surface area contributed by atoms with E-state index in [1.54, 1.807) is 0 Å². The van der Waals surface area contributed by atoms with E-state index in [-0.39, 0.29) is 0 Å². The number of hydrogen-bond acceptors (Lipinski definition) is 2. The molecule has 19 heavy (non-hydrogen) atoms. The number of hydrogen-bond donors (Lipinski definition) is 1. The lowest BCUT2D eigenvalue weighted by atomic mass is 10.1. The van der Waals surface area contributed by atoms with Gasteiger partial charge < -0.3 is 5.32 Å². The molecule has 0 amide bonds. The van der Waals surface area contributed by atoms with Gasteiger partial charge >= 0.3 is 6.18 Å². The van der Waals surface area contributed by atoms with Crippen LogP contribution in [0.25, 0.3) is 0 Å². The Labute approximate surface area is 112 Å². The Balaban J connectivity index is 2.34. The Kier molecular flexibility index (Phi) is 6.34. The van der Waals surface area contributed by atoms with Crippen LogP contribution in [0.3, 0.4) is 0 Å². The minimum Gasteiger partial charge on any atom is -0.314 e. The van der Waals surface area contributed by atoms with Gasteiger partial charge in [-0.15, -0.1) is 0 Å². The van der Waals surface area contributed by atoms with Crippen molar-refractivity contribution >= 4 is 0 Å². The molecule has 0 aliphatic carbocycles. The SMILES string of the molecule is CCCNC(CC)CCCn1cc(C(F)(F)F)cn1. The fourth-order valence-corrected chi connectivity index (χ4v) is 1.93. The molecule has 1 rings (SSSR count). The zero-order valence-electron chi connectivity index (χ0n) is 11.5. The number of rotatable bonds is 8. The summed E-state index contributed by atoms with van der Waals surface area (Å²) in [6.45, 7) is 5.74. The van der Waals surface area contributed by atoms with Crippen molar-refractivity contribution in [3.05, 3.63) is 18.0 Å². The minimum absolute atomic E-state index is 0.442. The molecular formula is C13H22F3N3. The summed E-state index contributed by atoms with van der Waals surface area (Å²) in [5.74, 6) is 0. The number of nitrogens with zero attached hydrogens (tertiary/aromatic N) is 2. The van der Waals surface area contributed by atoms with Gasteiger partial charge in [-0.2, -0.15) is 18.3 Å². The van der Waals surface area contributed by atoms with E-state index in [1.807, 2.05) is 0 Å². The first-order chi connectivity index (χ1) is 8.97. The molecular weight excluding hydrogens is 255 g/mol. The maximum atomic E-state index is 12.4. The highest BCUT2D eigenvalue weighted by Gasteiger charge is 2.32. The van der Waals surface area contributed by atoms with E-state index in [0.717, 1.165) is 44.6 Å². The molecule has 1 atom stereocenters. The predicted molar refractivity (Wildman–Crippen MR) is 68.8 cm³/mol. The average Bonchev–Trinajstić information content (AvgIpc) is 2.82. The van der Waals surface area contributed by atoms with Crippen molar-refractivity contribution in [1.82, 2.24) is 15.1 Å². The van der Waals surface area contributed by atoms with E-state index >= 15 is 0 Å². The van der Waals surface area contributed by atoms with Crippen LogP contribution in [0.4, 0.5) is 13.2 Å². The van der Waals surface area contributed by atoms with Gasteiger partial charge in [-0.3, -0.25) is 4.68 Å². The molecule has 0 spiro atoms. The van der Waals surface area contributed by atoms with Gasteiger partial charge in [0.25, 0.3) is 0 Å². The Morgan fingerprint density at radius 1 is 1.37 bits per heavy atom. The maximum absolute atomic E-state index is 12.4. The highest BCUT2D eigenvalue weighted by molar-refractivity contribution is 5.08. The predicted octanol–water partition coefficient (Wildman–Crippen LogP) is 3.46. The van der Waals surface area contributed by atoms with Gasteiger partial charge in [-0.25, -0.2) is 0 Å². The van der Waals surface area contributed by atoms with Crippen LogP contribution in [0.5, 0.6) is 0 Å². The fraction of sp³-hybridized carbons (Fsp3) is 0.769. The summed E-state index contributed by atoms with van der Waals surface area (Å²) >= 11 is 0. The Morgan fingerprint density at radius 2 is 2.11 bits per heavy atom. The van der Waals surface area contributed by atoms with Gasteiger partial charge in [-0.1, -0.05) is 13.8 Å². The van der Waals surface area contributed by atoms with E-state index < -0.39 is 11.7 Å². The molecule has 1 aromatic heterocycles. The van der Waals surface area contributed by atoms with Crippen LogP contribution < -0.4 is 5.32 Å². The van der Waals surface area contributed by atoms with Gasteiger partial charge in [0.15, 0.2) is 0 Å². The number of alkyl halides is 3. The third kappa shape index (κ3) is 5.63. The molecule has 0 saturated carbocycles. The molecule has 0 bridgehead atoms. The molecule has 0 radical (unpaired) electrons. The summed E-state index contributed by atoms with van der Waals surface area (Å²) in [5.41, 5.74) is -0.677. The second-order valence-corrected chi connectivity index (χ2v) is 4.69. The Bertz CT molecular complexity index is 360. The third-order valence-corrected chi connectivity index (χ3v) is 3.08. The van der Waals surface area contributed by atoms with Crippen molar-refractivity contribution in [2.75, 3.05) is 6.54 Å². The average molecular weight is 277 g/mol. The van der Waals surface area contributed by atoms with Crippen LogP contribution >= 0.6 is 0 Å². The molecule has 0 aliphatic heterocycles. The lowest BCUT2D eigenvalue weighted by molar-refractivity contribution is -0.137. The highest BCUT2D eigenvalue weighted by Crippen LogP contribution is 2.28. The van der Waals surface area contributed by atoms with Crippen molar-refractivity contribution in [3.63, 3.8) is 0 Å². The number of aromatic nitrogens is 2. The first-order valence-electron chi connectivity index (χ1n) is 6.80. The minimum atomic E-state index is -4.30. The van der Waals surface area contributed by atoms with Crippen molar-refractivity contribution in [1.29, 1.82) is 0 Å². The maximum Gasteiger partial charge on any atom is 0.419 e. The Hall–Kier alpha value is -1.04. The summed E-state index contributed by atoms with van der Waals surface area (Å²) in [7, 11) is 0. The lowest BCUT2D eigenvalue weighted by Crippen LogP contribution is -2.29. The molecule has 0 saturated heterocycles. The van der Waals surface area contributed by atoms with Gasteiger partial charge in [0, 0.05) is 18.8 Å². The van der Waals surface area contributed by atoms with Crippen LogP contribution in [0.2, 0.25) is 0 Å². The van der Waals surface area contributed by atoms with Gasteiger partial charge in [0.1, 0.15) is 0 Å². The van der Waals surface area contributed by atoms with Crippen LogP contribution in [-0.4, -0.2) is 22.4 Å². The standard InChI is InChI=1S/C13H22F3N3/c1-3-7-17-12(4-2)6-5-8-19-10-11(9-18-19)13(14,15)16/h9-10,12,17H,3-8H2,1-2H3. The second kappa shape index (κ2) is 7.53. The number of aryl methyl sites for hydroxylation is 1. The number of nitrogens with one attached hydrogen (secondary N) is 1. The van der Waals surface area contributed by atoms with Gasteiger partial charge in [0.2, 0.25) is 0 Å². The highest BCUT2D eigenvalue weighted by atomic mass is 19.4. The molecule has 3 nitrogen and oxygen atoms in total. The first kappa shape index (κ1) is 16.0. The molecule has 0 aliphatic rings. The quantitative estimate of drug-likeness (QED) is 0.788. The monoisotopic (exact) mass is 277 g/mol.